The predicted octanol–water partition coefficient (Wildman–Crippen LogP) is 7.17. The van der Waals surface area contributed by atoms with Crippen molar-refractivity contribution < 1.29 is 19.1 Å². The summed E-state index contributed by atoms with van der Waals surface area (Å²) in [5, 5.41) is 3.54. The van der Waals surface area contributed by atoms with E-state index in [0.717, 1.165) is 5.69 Å². The molecule has 5 rings (SSSR count). The molecule has 4 aromatic rings. The third-order valence-corrected chi connectivity index (χ3v) is 7.01. The lowest BCUT2D eigenvalue weighted by Crippen LogP contribution is -2.28. The first-order chi connectivity index (χ1) is 19.5. The summed E-state index contributed by atoms with van der Waals surface area (Å²) in [6, 6.07) is 31.3. The second-order valence-electron chi connectivity index (χ2n) is 8.55. The van der Waals surface area contributed by atoms with Gasteiger partial charge in [0.05, 0.1) is 28.4 Å². The summed E-state index contributed by atoms with van der Waals surface area (Å²) >= 11 is 7.82. The van der Waals surface area contributed by atoms with Crippen molar-refractivity contribution in [2.75, 3.05) is 23.9 Å². The molecule has 2 amide bonds. The number of halogens is 1. The van der Waals surface area contributed by atoms with E-state index in [2.05, 4.69) is 5.32 Å². The van der Waals surface area contributed by atoms with Crippen LogP contribution in [-0.4, -0.2) is 30.7 Å². The molecule has 0 radical (unpaired) electrons. The van der Waals surface area contributed by atoms with Crippen molar-refractivity contribution in [1.29, 1.82) is 0 Å². The molecule has 1 saturated heterocycles. The maximum Gasteiger partial charge on any atom is 0.271 e. The third kappa shape index (κ3) is 6.36. The first kappa shape index (κ1) is 27.1. The lowest BCUT2D eigenvalue weighted by atomic mass is 10.1. The number of ether oxygens (including phenoxy) is 2. The van der Waals surface area contributed by atoms with Crippen LogP contribution in [0.1, 0.15) is 5.56 Å². The number of carbonyl (C=O) groups is 2. The Hall–Kier alpha value is -4.53. The van der Waals surface area contributed by atoms with E-state index in [0.29, 0.717) is 32.8 Å². The van der Waals surface area contributed by atoms with Gasteiger partial charge in [-0.15, -0.1) is 0 Å². The molecular formula is C31H24ClN3O4S. The fourth-order valence-corrected chi connectivity index (χ4v) is 5.21. The summed E-state index contributed by atoms with van der Waals surface area (Å²) < 4.78 is 11.2. The molecule has 0 atom stereocenters. The molecule has 9 heteroatoms. The number of rotatable bonds is 8. The van der Waals surface area contributed by atoms with Crippen molar-refractivity contribution in [2.45, 2.75) is 0 Å². The van der Waals surface area contributed by atoms with E-state index >= 15 is 0 Å². The highest BCUT2D eigenvalue weighted by Crippen LogP contribution is 2.40. The molecular weight excluding hydrogens is 546 g/mol. The number of amidine groups is 1. The largest absolute Gasteiger partial charge is 0.493 e. The molecule has 200 valence electrons. The molecule has 1 aliphatic heterocycles. The molecule has 0 aliphatic carbocycles. The fourth-order valence-electron chi connectivity index (χ4n) is 3.94. The maximum absolute atomic E-state index is 13.6. The Morgan fingerprint density at radius 1 is 0.975 bits per heavy atom. The van der Waals surface area contributed by atoms with Gasteiger partial charge in [0.1, 0.15) is 0 Å². The highest BCUT2D eigenvalue weighted by atomic mass is 35.5. The monoisotopic (exact) mass is 569 g/mol. The quantitative estimate of drug-likeness (QED) is 0.227. The zero-order chi connectivity index (χ0) is 27.9. The first-order valence-electron chi connectivity index (χ1n) is 12.3. The van der Waals surface area contributed by atoms with Crippen molar-refractivity contribution in [3.63, 3.8) is 0 Å². The summed E-state index contributed by atoms with van der Waals surface area (Å²) in [4.78, 5) is 32.7. The van der Waals surface area contributed by atoms with Crippen LogP contribution in [0.4, 0.5) is 17.1 Å². The zero-order valence-corrected chi connectivity index (χ0v) is 23.0. The molecule has 0 unspecified atom stereocenters. The van der Waals surface area contributed by atoms with Gasteiger partial charge in [-0.3, -0.25) is 14.5 Å². The Labute approximate surface area is 241 Å². The van der Waals surface area contributed by atoms with Gasteiger partial charge in [-0.25, -0.2) is 4.99 Å². The van der Waals surface area contributed by atoms with E-state index in [9.17, 15) is 9.59 Å². The van der Waals surface area contributed by atoms with Gasteiger partial charge in [-0.05, 0) is 71.9 Å². The van der Waals surface area contributed by atoms with E-state index in [1.165, 1.54) is 18.9 Å². The van der Waals surface area contributed by atoms with Crippen LogP contribution in [0.15, 0.2) is 113 Å². The Balaban J connectivity index is 1.40. The van der Waals surface area contributed by atoms with Crippen LogP contribution < -0.4 is 19.7 Å². The number of benzene rings is 4. The number of methoxy groups -OCH3 is 1. The lowest BCUT2D eigenvalue weighted by molar-refractivity contribution is -0.118. The molecule has 4 aromatic carbocycles. The minimum absolute atomic E-state index is 0.209. The lowest BCUT2D eigenvalue weighted by Gasteiger charge is -2.15. The molecule has 1 fully saturated rings. The van der Waals surface area contributed by atoms with Crippen molar-refractivity contribution >= 4 is 63.5 Å². The Morgan fingerprint density at radius 3 is 2.30 bits per heavy atom. The molecule has 1 aliphatic rings. The van der Waals surface area contributed by atoms with Crippen molar-refractivity contribution in [3.05, 3.63) is 119 Å². The number of thioether (sulfide) groups is 1. The molecule has 40 heavy (non-hydrogen) atoms. The van der Waals surface area contributed by atoms with Crippen molar-refractivity contribution in [3.8, 4) is 11.5 Å². The Kier molecular flexibility index (Phi) is 8.49. The Morgan fingerprint density at radius 2 is 1.62 bits per heavy atom. The number of hydrogen-bond donors (Lipinski definition) is 1. The minimum Gasteiger partial charge on any atom is -0.493 e. The zero-order valence-electron chi connectivity index (χ0n) is 21.4. The summed E-state index contributed by atoms with van der Waals surface area (Å²) in [7, 11) is 1.48. The Bertz CT molecular complexity index is 1580. The molecule has 1 N–H and O–H groups in total. The summed E-state index contributed by atoms with van der Waals surface area (Å²) in [5.41, 5.74) is 2.75. The minimum atomic E-state index is -0.338. The van der Waals surface area contributed by atoms with E-state index < -0.39 is 0 Å². The summed E-state index contributed by atoms with van der Waals surface area (Å²) in [6.07, 6.45) is 1.73. The second kappa shape index (κ2) is 12.5. The van der Waals surface area contributed by atoms with E-state index in [1.807, 2.05) is 78.9 Å². The highest BCUT2D eigenvalue weighted by Gasteiger charge is 2.34. The number of aliphatic imine (C=N–C) groups is 1. The molecule has 7 nitrogen and oxygen atoms in total. The normalized spacial score (nSPS) is 14.9. The van der Waals surface area contributed by atoms with Crippen LogP contribution >= 0.6 is 23.4 Å². The number of hydrogen-bond acceptors (Lipinski definition) is 6. The summed E-state index contributed by atoms with van der Waals surface area (Å²) in [6.45, 7) is -0.259. The number of carbonyl (C=O) groups excluding carboxylic acids is 2. The van der Waals surface area contributed by atoms with Crippen LogP contribution in [0.2, 0.25) is 5.02 Å². The third-order valence-electron chi connectivity index (χ3n) is 5.76. The van der Waals surface area contributed by atoms with Gasteiger partial charge in [0.15, 0.2) is 23.3 Å². The predicted molar refractivity (Wildman–Crippen MR) is 162 cm³/mol. The van der Waals surface area contributed by atoms with Crippen molar-refractivity contribution in [2.24, 2.45) is 4.99 Å². The SMILES string of the molecule is COc1cc(/C=C2\SC(=Nc3ccccc3)N(c3ccccc3)C2=O)cc(Cl)c1OCC(=O)Nc1ccccc1. The number of para-hydroxylation sites is 3. The molecule has 0 spiro atoms. The van der Waals surface area contributed by atoms with Crippen LogP contribution in [0.3, 0.4) is 0 Å². The highest BCUT2D eigenvalue weighted by molar-refractivity contribution is 8.19. The van der Waals surface area contributed by atoms with Crippen LogP contribution in [0.25, 0.3) is 6.08 Å². The van der Waals surface area contributed by atoms with E-state index in [4.69, 9.17) is 26.1 Å². The van der Waals surface area contributed by atoms with Crippen LogP contribution in [0.5, 0.6) is 11.5 Å². The maximum atomic E-state index is 13.6. The van der Waals surface area contributed by atoms with Crippen molar-refractivity contribution in [1.82, 2.24) is 0 Å². The number of amides is 2. The first-order valence-corrected chi connectivity index (χ1v) is 13.5. The van der Waals surface area contributed by atoms with Gasteiger partial charge in [-0.2, -0.15) is 0 Å². The molecule has 0 saturated carbocycles. The van der Waals surface area contributed by atoms with Gasteiger partial charge in [0.25, 0.3) is 11.8 Å². The molecule has 0 bridgehead atoms. The van der Waals surface area contributed by atoms with E-state index in [1.54, 1.807) is 35.2 Å². The molecule has 0 aromatic heterocycles. The second-order valence-corrected chi connectivity index (χ2v) is 9.97. The average molecular weight is 570 g/mol. The topological polar surface area (TPSA) is 80.2 Å². The van der Waals surface area contributed by atoms with Gasteiger partial charge >= 0.3 is 0 Å². The standard InChI is InChI=1S/C31H24ClN3O4S/c1-38-26-18-21(17-25(32)29(26)39-20-28(36)33-22-11-5-2-6-12-22)19-27-30(37)35(24-15-9-4-10-16-24)31(40-27)34-23-13-7-3-8-14-23/h2-19H,20H2,1H3,(H,33,36)/b27-19-,34-31?. The fraction of sp³-hybridized carbons (Fsp3) is 0.0645. The smallest absolute Gasteiger partial charge is 0.271 e. The van der Waals surface area contributed by atoms with Crippen LogP contribution in [-0.2, 0) is 9.59 Å². The number of anilines is 2. The van der Waals surface area contributed by atoms with E-state index in [-0.39, 0.29) is 29.2 Å². The van der Waals surface area contributed by atoms with Gasteiger partial charge < -0.3 is 14.8 Å². The van der Waals surface area contributed by atoms with Gasteiger partial charge in [0, 0.05) is 5.69 Å². The van der Waals surface area contributed by atoms with Gasteiger partial charge in [0.2, 0.25) is 0 Å². The van der Waals surface area contributed by atoms with Gasteiger partial charge in [-0.1, -0.05) is 66.2 Å². The number of nitrogens with one attached hydrogen (secondary N) is 1. The van der Waals surface area contributed by atoms with Crippen LogP contribution in [0, 0.1) is 0 Å². The average Bonchev–Trinajstić information content (AvgIpc) is 3.27. The summed E-state index contributed by atoms with van der Waals surface area (Å²) in [5.74, 6) is 0.0196. The number of nitrogens with zero attached hydrogens (tertiary/aromatic N) is 2. The molecule has 1 heterocycles.